The number of nitrogens with zero attached hydrogens (tertiary/aromatic N) is 5. The number of nitrogens with two attached hydrogens (primary N) is 1. The number of hydrogen-bond donors (Lipinski definition) is 1. The van der Waals surface area contributed by atoms with E-state index in [1.807, 2.05) is 25.0 Å². The van der Waals surface area contributed by atoms with Crippen LogP contribution in [0.2, 0.25) is 0 Å². The smallest absolute Gasteiger partial charge is 0.226 e. The molecule has 4 rings (SSSR count). The molecule has 1 aromatic heterocycles. The van der Waals surface area contributed by atoms with Crippen molar-refractivity contribution in [2.75, 3.05) is 27.2 Å². The van der Waals surface area contributed by atoms with E-state index < -0.39 is 0 Å². The van der Waals surface area contributed by atoms with E-state index in [-0.39, 0.29) is 11.8 Å². The summed E-state index contributed by atoms with van der Waals surface area (Å²) < 4.78 is 1.89. The Hall–Kier alpha value is -1.47. The summed E-state index contributed by atoms with van der Waals surface area (Å²) in [6, 6.07) is 0.460. The zero-order chi connectivity index (χ0) is 15.0. The van der Waals surface area contributed by atoms with Gasteiger partial charge in [-0.2, -0.15) is 0 Å². The van der Waals surface area contributed by atoms with Crippen molar-refractivity contribution in [3.63, 3.8) is 0 Å². The average molecular weight is 292 g/mol. The summed E-state index contributed by atoms with van der Waals surface area (Å²) in [7, 11) is 3.70. The van der Waals surface area contributed by atoms with Gasteiger partial charge in [0.1, 0.15) is 0 Å². The molecule has 1 aromatic rings. The molecule has 3 aliphatic heterocycles. The second-order valence-corrected chi connectivity index (χ2v) is 6.41. The topological polar surface area (TPSA) is 80.3 Å². The van der Waals surface area contributed by atoms with Gasteiger partial charge in [0.05, 0.1) is 18.2 Å². The number of carbonyl (C=O) groups is 1. The van der Waals surface area contributed by atoms with Gasteiger partial charge in [-0.25, -0.2) is 0 Å². The van der Waals surface area contributed by atoms with Crippen molar-refractivity contribution < 1.29 is 4.79 Å². The van der Waals surface area contributed by atoms with Crippen LogP contribution in [-0.4, -0.2) is 63.9 Å². The third-order valence-electron chi connectivity index (χ3n) is 4.83. The van der Waals surface area contributed by atoms with Gasteiger partial charge in [0.15, 0.2) is 0 Å². The highest BCUT2D eigenvalue weighted by Crippen LogP contribution is 2.37. The van der Waals surface area contributed by atoms with Crippen molar-refractivity contribution in [2.24, 2.45) is 17.6 Å². The normalized spacial score (nSPS) is 31.4. The van der Waals surface area contributed by atoms with Crippen molar-refractivity contribution in [3.8, 4) is 0 Å². The highest BCUT2D eigenvalue weighted by molar-refractivity contribution is 5.79. The molecule has 0 aromatic carbocycles. The van der Waals surface area contributed by atoms with Crippen LogP contribution >= 0.6 is 0 Å². The number of amides is 1. The molecule has 1 unspecified atom stereocenters. The lowest BCUT2D eigenvalue weighted by atomic mass is 9.75. The number of hydrogen-bond acceptors (Lipinski definition) is 5. The molecule has 2 bridgehead atoms. The van der Waals surface area contributed by atoms with Gasteiger partial charge in [0.25, 0.3) is 0 Å². The highest BCUT2D eigenvalue weighted by atomic mass is 16.2. The minimum Gasteiger partial charge on any atom is -0.349 e. The van der Waals surface area contributed by atoms with Crippen LogP contribution in [0.15, 0.2) is 6.20 Å². The van der Waals surface area contributed by atoms with Crippen LogP contribution in [0.5, 0.6) is 0 Å². The van der Waals surface area contributed by atoms with E-state index in [0.717, 1.165) is 38.2 Å². The van der Waals surface area contributed by atoms with Crippen LogP contribution in [0.3, 0.4) is 0 Å². The van der Waals surface area contributed by atoms with Gasteiger partial charge in [-0.15, -0.1) is 5.10 Å². The third kappa shape index (κ3) is 2.80. The van der Waals surface area contributed by atoms with Gasteiger partial charge in [-0.1, -0.05) is 5.21 Å². The Morgan fingerprint density at radius 2 is 2.33 bits per heavy atom. The minimum absolute atomic E-state index is 0.167. The van der Waals surface area contributed by atoms with Gasteiger partial charge in [0, 0.05) is 39.4 Å². The zero-order valence-corrected chi connectivity index (χ0v) is 12.8. The lowest BCUT2D eigenvalue weighted by molar-refractivity contribution is -0.141. The van der Waals surface area contributed by atoms with Crippen LogP contribution in [0, 0.1) is 11.8 Å². The monoisotopic (exact) mass is 292 g/mol. The van der Waals surface area contributed by atoms with Gasteiger partial charge < -0.3 is 10.6 Å². The largest absolute Gasteiger partial charge is 0.349 e. The first kappa shape index (κ1) is 14.5. The van der Waals surface area contributed by atoms with Crippen molar-refractivity contribution in [1.29, 1.82) is 0 Å². The lowest BCUT2D eigenvalue weighted by Crippen LogP contribution is -2.57. The van der Waals surface area contributed by atoms with Crippen LogP contribution in [-0.2, 0) is 17.9 Å². The molecule has 7 heteroatoms. The van der Waals surface area contributed by atoms with Crippen molar-refractivity contribution in [1.82, 2.24) is 24.8 Å². The summed E-state index contributed by atoms with van der Waals surface area (Å²) in [5.41, 5.74) is 6.39. The summed E-state index contributed by atoms with van der Waals surface area (Å²) in [6.07, 6.45) is 4.13. The van der Waals surface area contributed by atoms with E-state index in [0.29, 0.717) is 18.5 Å². The van der Waals surface area contributed by atoms with E-state index in [4.69, 9.17) is 5.73 Å². The number of fused-ring (bicyclic) bond motifs is 3. The molecule has 0 spiro atoms. The Labute approximate surface area is 125 Å². The van der Waals surface area contributed by atoms with E-state index in [1.54, 1.807) is 4.90 Å². The van der Waals surface area contributed by atoms with Crippen LogP contribution in [0.25, 0.3) is 0 Å². The Bertz CT molecular complexity index is 513. The Kier molecular flexibility index (Phi) is 3.95. The maximum atomic E-state index is 12.3. The predicted molar refractivity (Wildman–Crippen MR) is 78.2 cm³/mol. The first-order valence-electron chi connectivity index (χ1n) is 7.62. The maximum Gasteiger partial charge on any atom is 0.226 e. The first-order valence-corrected chi connectivity index (χ1v) is 7.62. The van der Waals surface area contributed by atoms with Gasteiger partial charge in [-0.3, -0.25) is 14.4 Å². The second-order valence-electron chi connectivity index (χ2n) is 6.41. The Balaban J connectivity index is 1.65. The van der Waals surface area contributed by atoms with E-state index in [1.165, 1.54) is 0 Å². The molecule has 0 radical (unpaired) electrons. The second kappa shape index (κ2) is 5.73. The highest BCUT2D eigenvalue weighted by Gasteiger charge is 2.43. The molecule has 0 aliphatic carbocycles. The Morgan fingerprint density at radius 1 is 1.52 bits per heavy atom. The van der Waals surface area contributed by atoms with Gasteiger partial charge in [0.2, 0.25) is 5.91 Å². The molecular formula is C14H24N6O. The number of aromatic nitrogens is 3. The van der Waals surface area contributed by atoms with E-state index in [2.05, 4.69) is 15.2 Å². The molecule has 4 heterocycles. The summed E-state index contributed by atoms with van der Waals surface area (Å²) >= 11 is 0. The molecule has 0 saturated carbocycles. The predicted octanol–water partition coefficient (Wildman–Crippen LogP) is -0.465. The minimum atomic E-state index is 0.167. The van der Waals surface area contributed by atoms with Crippen molar-refractivity contribution in [3.05, 3.63) is 11.9 Å². The van der Waals surface area contributed by atoms with Crippen LogP contribution < -0.4 is 5.73 Å². The zero-order valence-electron chi connectivity index (χ0n) is 12.8. The van der Waals surface area contributed by atoms with E-state index in [9.17, 15) is 4.79 Å². The molecule has 3 saturated heterocycles. The molecule has 3 fully saturated rings. The van der Waals surface area contributed by atoms with Crippen molar-refractivity contribution >= 4 is 5.91 Å². The summed E-state index contributed by atoms with van der Waals surface area (Å²) in [4.78, 5) is 16.4. The molecule has 21 heavy (non-hydrogen) atoms. The molecule has 2 N–H and O–H groups in total. The molecule has 4 atom stereocenters. The summed E-state index contributed by atoms with van der Waals surface area (Å²) in [5, 5.41) is 8.17. The fourth-order valence-electron chi connectivity index (χ4n) is 3.68. The Morgan fingerprint density at radius 3 is 2.90 bits per heavy atom. The third-order valence-corrected chi connectivity index (χ3v) is 4.83. The standard InChI is InChI=1S/C14H24N6O/c1-18(2)14(21)13-9-19-4-3-10(13)5-12(19)8-20-7-11(6-15)16-17-20/h7,10,12-13H,3-6,8-9,15H2,1-2H3/t10-,12+,13-/m0/s1. The maximum absolute atomic E-state index is 12.3. The quantitative estimate of drug-likeness (QED) is 0.812. The summed E-state index contributed by atoms with van der Waals surface area (Å²) in [5.74, 6) is 0.946. The number of piperidine rings is 3. The lowest BCUT2D eigenvalue weighted by Gasteiger charge is -2.49. The first-order chi connectivity index (χ1) is 10.1. The van der Waals surface area contributed by atoms with E-state index >= 15 is 0 Å². The van der Waals surface area contributed by atoms with Gasteiger partial charge >= 0.3 is 0 Å². The fraction of sp³-hybridized carbons (Fsp3) is 0.786. The molecule has 3 aliphatic rings. The molecule has 116 valence electrons. The SMILES string of the molecule is CN(C)C(=O)[C@H]1CN2CC[C@H]1C[C@@H]2Cn1cc(CN)nn1. The molecule has 7 nitrogen and oxygen atoms in total. The summed E-state index contributed by atoms with van der Waals surface area (Å²) in [6.45, 7) is 3.23. The number of rotatable bonds is 4. The molecule has 1 amide bonds. The van der Waals surface area contributed by atoms with Gasteiger partial charge in [-0.05, 0) is 25.3 Å². The average Bonchev–Trinajstić information content (AvgIpc) is 2.94. The number of carbonyl (C=O) groups excluding carboxylic acids is 1. The van der Waals surface area contributed by atoms with Crippen molar-refractivity contribution in [2.45, 2.75) is 32.0 Å². The fourth-order valence-corrected chi connectivity index (χ4v) is 3.68. The van der Waals surface area contributed by atoms with Crippen LogP contribution in [0.1, 0.15) is 18.5 Å². The molecular weight excluding hydrogens is 268 g/mol. The van der Waals surface area contributed by atoms with Crippen LogP contribution in [0.4, 0.5) is 0 Å².